The number of likely N-dealkylation sites (tertiary alicyclic amines) is 1. The van der Waals surface area contributed by atoms with Crippen LogP contribution in [0.25, 0.3) is 0 Å². The van der Waals surface area contributed by atoms with Crippen LogP contribution in [0.4, 0.5) is 0 Å². The molecule has 2 rings (SSSR count). The molecule has 0 aliphatic carbocycles. The average Bonchev–Trinajstić information content (AvgIpc) is 2.99. The van der Waals surface area contributed by atoms with E-state index in [1.807, 2.05) is 39.5 Å². The van der Waals surface area contributed by atoms with Crippen LogP contribution in [0.1, 0.15) is 57.8 Å². The third-order valence-corrected chi connectivity index (χ3v) is 4.26. The Labute approximate surface area is 150 Å². The molecule has 1 atom stereocenters. The van der Waals surface area contributed by atoms with Crippen LogP contribution in [0.15, 0.2) is 24.3 Å². The van der Waals surface area contributed by atoms with Crippen molar-refractivity contribution in [3.63, 3.8) is 0 Å². The van der Waals surface area contributed by atoms with Crippen molar-refractivity contribution in [2.45, 2.75) is 59.5 Å². The van der Waals surface area contributed by atoms with E-state index < -0.39 is 0 Å². The minimum atomic E-state index is -0.367. The summed E-state index contributed by atoms with van der Waals surface area (Å²) in [5.41, 5.74) is 0.250. The monoisotopic (exact) mass is 346 g/mol. The molecule has 0 spiro atoms. The summed E-state index contributed by atoms with van der Waals surface area (Å²) in [7, 11) is 0. The van der Waals surface area contributed by atoms with Crippen molar-refractivity contribution in [2.24, 2.45) is 5.41 Å². The van der Waals surface area contributed by atoms with Crippen LogP contribution >= 0.6 is 0 Å². The molecule has 5 heteroatoms. The van der Waals surface area contributed by atoms with Crippen molar-refractivity contribution in [3.05, 3.63) is 29.8 Å². The van der Waals surface area contributed by atoms with Gasteiger partial charge in [-0.2, -0.15) is 0 Å². The van der Waals surface area contributed by atoms with Crippen LogP contribution in [0.5, 0.6) is 5.75 Å². The standard InChI is InChI=1S/C20H30N2O3/c1-14(2)21-18(23)15-8-10-17(11-9-15)25-13-16-7-6-12-22(16)19(24)20(3,4)5/h8-11,14,16H,6-7,12-13H2,1-5H3,(H,21,23). The van der Waals surface area contributed by atoms with Crippen LogP contribution in [-0.2, 0) is 4.79 Å². The quantitative estimate of drug-likeness (QED) is 0.890. The molecular weight excluding hydrogens is 316 g/mol. The van der Waals surface area contributed by atoms with E-state index in [0.717, 1.165) is 25.1 Å². The third-order valence-electron chi connectivity index (χ3n) is 4.26. The number of amides is 2. The number of nitrogens with zero attached hydrogens (tertiary/aromatic N) is 1. The van der Waals surface area contributed by atoms with Crippen molar-refractivity contribution < 1.29 is 14.3 Å². The van der Waals surface area contributed by atoms with Crippen LogP contribution < -0.4 is 10.1 Å². The molecule has 2 amide bonds. The van der Waals surface area contributed by atoms with Crippen LogP contribution in [0.2, 0.25) is 0 Å². The molecule has 1 aromatic rings. The lowest BCUT2D eigenvalue weighted by Gasteiger charge is -2.30. The predicted molar refractivity (Wildman–Crippen MR) is 98.7 cm³/mol. The van der Waals surface area contributed by atoms with Crippen molar-refractivity contribution in [1.82, 2.24) is 10.2 Å². The molecule has 138 valence electrons. The molecular formula is C20H30N2O3. The van der Waals surface area contributed by atoms with E-state index in [9.17, 15) is 9.59 Å². The van der Waals surface area contributed by atoms with Crippen molar-refractivity contribution in [2.75, 3.05) is 13.2 Å². The normalized spacial score (nSPS) is 17.7. The van der Waals surface area contributed by atoms with Crippen LogP contribution in [0, 0.1) is 5.41 Å². The van der Waals surface area contributed by atoms with Gasteiger partial charge in [0.25, 0.3) is 5.91 Å². The molecule has 0 bridgehead atoms. The zero-order valence-electron chi connectivity index (χ0n) is 16.0. The topological polar surface area (TPSA) is 58.6 Å². The Morgan fingerprint density at radius 3 is 2.44 bits per heavy atom. The smallest absolute Gasteiger partial charge is 0.251 e. The van der Waals surface area contributed by atoms with E-state index in [-0.39, 0.29) is 29.3 Å². The first-order valence-corrected chi connectivity index (χ1v) is 9.03. The Kier molecular flexibility index (Phi) is 6.09. The molecule has 1 fully saturated rings. The Morgan fingerprint density at radius 2 is 1.88 bits per heavy atom. The lowest BCUT2D eigenvalue weighted by Crippen LogP contribution is -2.44. The molecule has 0 radical (unpaired) electrons. The van der Waals surface area contributed by atoms with E-state index in [4.69, 9.17) is 4.74 Å². The second-order valence-electron chi connectivity index (χ2n) is 8.01. The Bertz CT molecular complexity index is 602. The lowest BCUT2D eigenvalue weighted by atomic mass is 9.94. The van der Waals surface area contributed by atoms with Gasteiger partial charge in [-0.15, -0.1) is 0 Å². The second-order valence-corrected chi connectivity index (χ2v) is 8.01. The SMILES string of the molecule is CC(C)NC(=O)c1ccc(OCC2CCCN2C(=O)C(C)(C)C)cc1. The highest BCUT2D eigenvalue weighted by Gasteiger charge is 2.35. The van der Waals surface area contributed by atoms with Gasteiger partial charge < -0.3 is 15.0 Å². The number of hydrogen-bond acceptors (Lipinski definition) is 3. The first-order chi connectivity index (χ1) is 11.7. The summed E-state index contributed by atoms with van der Waals surface area (Å²) < 4.78 is 5.87. The fraction of sp³-hybridized carbons (Fsp3) is 0.600. The number of hydrogen-bond donors (Lipinski definition) is 1. The molecule has 1 saturated heterocycles. The molecule has 1 aliphatic heterocycles. The number of rotatable bonds is 5. The van der Waals surface area contributed by atoms with E-state index in [2.05, 4.69) is 5.32 Å². The molecule has 0 aromatic heterocycles. The average molecular weight is 346 g/mol. The van der Waals surface area contributed by atoms with E-state index in [0.29, 0.717) is 12.2 Å². The van der Waals surface area contributed by atoms with Gasteiger partial charge in [0.15, 0.2) is 0 Å². The molecule has 25 heavy (non-hydrogen) atoms. The fourth-order valence-electron chi connectivity index (χ4n) is 2.95. The van der Waals surface area contributed by atoms with E-state index in [1.54, 1.807) is 24.3 Å². The molecule has 1 aliphatic rings. The van der Waals surface area contributed by atoms with Gasteiger partial charge in [0.1, 0.15) is 12.4 Å². The van der Waals surface area contributed by atoms with Crippen LogP contribution in [-0.4, -0.2) is 41.9 Å². The molecule has 1 heterocycles. The summed E-state index contributed by atoms with van der Waals surface area (Å²) in [5.74, 6) is 0.815. The number of nitrogens with one attached hydrogen (secondary N) is 1. The fourth-order valence-corrected chi connectivity index (χ4v) is 2.95. The summed E-state index contributed by atoms with van der Waals surface area (Å²) in [6, 6.07) is 7.37. The maximum absolute atomic E-state index is 12.5. The summed E-state index contributed by atoms with van der Waals surface area (Å²) >= 11 is 0. The van der Waals surface area contributed by atoms with Crippen molar-refractivity contribution in [3.8, 4) is 5.75 Å². The first kappa shape index (κ1) is 19.3. The Hall–Kier alpha value is -2.04. The highest BCUT2D eigenvalue weighted by Crippen LogP contribution is 2.26. The molecule has 1 unspecified atom stereocenters. The highest BCUT2D eigenvalue weighted by molar-refractivity contribution is 5.94. The summed E-state index contributed by atoms with van der Waals surface area (Å²) in [6.07, 6.45) is 1.99. The van der Waals surface area contributed by atoms with E-state index in [1.165, 1.54) is 0 Å². The maximum atomic E-state index is 12.5. The van der Waals surface area contributed by atoms with Crippen LogP contribution in [0.3, 0.4) is 0 Å². The predicted octanol–water partition coefficient (Wildman–Crippen LogP) is 3.24. The van der Waals surface area contributed by atoms with Gasteiger partial charge in [0.05, 0.1) is 6.04 Å². The zero-order chi connectivity index (χ0) is 18.6. The number of carbonyl (C=O) groups is 2. The molecule has 1 aromatic carbocycles. The number of carbonyl (C=O) groups excluding carboxylic acids is 2. The van der Waals surface area contributed by atoms with Gasteiger partial charge in [-0.25, -0.2) is 0 Å². The number of ether oxygens (including phenoxy) is 1. The largest absolute Gasteiger partial charge is 0.491 e. The minimum absolute atomic E-state index is 0.0840. The lowest BCUT2D eigenvalue weighted by molar-refractivity contribution is -0.140. The van der Waals surface area contributed by atoms with E-state index >= 15 is 0 Å². The third kappa shape index (κ3) is 5.21. The summed E-state index contributed by atoms with van der Waals surface area (Å²) in [5, 5.41) is 2.86. The van der Waals surface area contributed by atoms with Gasteiger partial charge in [-0.1, -0.05) is 20.8 Å². The summed E-state index contributed by atoms with van der Waals surface area (Å²) in [6.45, 7) is 11.0. The van der Waals surface area contributed by atoms with Gasteiger partial charge in [-0.05, 0) is 51.0 Å². The highest BCUT2D eigenvalue weighted by atomic mass is 16.5. The molecule has 1 N–H and O–H groups in total. The molecule has 5 nitrogen and oxygen atoms in total. The zero-order valence-corrected chi connectivity index (χ0v) is 16.0. The molecule has 0 saturated carbocycles. The van der Waals surface area contributed by atoms with Gasteiger partial charge in [-0.3, -0.25) is 9.59 Å². The Morgan fingerprint density at radius 1 is 1.24 bits per heavy atom. The van der Waals surface area contributed by atoms with Gasteiger partial charge >= 0.3 is 0 Å². The van der Waals surface area contributed by atoms with Gasteiger partial charge in [0, 0.05) is 23.6 Å². The van der Waals surface area contributed by atoms with Crippen molar-refractivity contribution in [1.29, 1.82) is 0 Å². The Balaban J connectivity index is 1.92. The minimum Gasteiger partial charge on any atom is -0.491 e. The van der Waals surface area contributed by atoms with Gasteiger partial charge in [0.2, 0.25) is 5.91 Å². The van der Waals surface area contributed by atoms with Crippen molar-refractivity contribution >= 4 is 11.8 Å². The second kappa shape index (κ2) is 7.89. The summed E-state index contributed by atoms with van der Waals surface area (Å²) in [4.78, 5) is 26.4. The first-order valence-electron chi connectivity index (χ1n) is 9.03. The number of benzene rings is 1. The maximum Gasteiger partial charge on any atom is 0.251 e.